The topological polar surface area (TPSA) is 116 Å². The van der Waals surface area contributed by atoms with Crippen LogP contribution in [0.15, 0.2) is 47.4 Å². The van der Waals surface area contributed by atoms with Crippen LogP contribution in [0.5, 0.6) is 11.5 Å². The van der Waals surface area contributed by atoms with Crippen LogP contribution in [0.25, 0.3) is 0 Å². The first-order valence-corrected chi connectivity index (χ1v) is 12.1. The lowest BCUT2D eigenvalue weighted by molar-refractivity contribution is 0.102. The van der Waals surface area contributed by atoms with Gasteiger partial charge in [0.2, 0.25) is 0 Å². The number of hydrogen-bond acceptors (Lipinski definition) is 7. The Morgan fingerprint density at radius 1 is 1.03 bits per heavy atom. The molecule has 1 amide bonds. The quantitative estimate of drug-likeness (QED) is 0.731. The molecule has 0 bridgehead atoms. The summed E-state index contributed by atoms with van der Waals surface area (Å²) in [4.78, 5) is 12.5. The van der Waals surface area contributed by atoms with Crippen LogP contribution in [0.3, 0.4) is 0 Å². The number of sulfone groups is 2. The zero-order valence-corrected chi connectivity index (χ0v) is 17.5. The van der Waals surface area contributed by atoms with Crippen molar-refractivity contribution >= 4 is 31.3 Å². The normalized spacial score (nSPS) is 18.2. The monoisotopic (exact) mass is 439 g/mol. The van der Waals surface area contributed by atoms with Gasteiger partial charge in [-0.3, -0.25) is 4.79 Å². The van der Waals surface area contributed by atoms with Crippen LogP contribution in [-0.4, -0.2) is 53.7 Å². The Balaban J connectivity index is 1.75. The number of ether oxygens (including phenoxy) is 2. The third-order valence-electron chi connectivity index (χ3n) is 4.72. The van der Waals surface area contributed by atoms with Gasteiger partial charge in [-0.15, -0.1) is 0 Å². The van der Waals surface area contributed by atoms with Crippen LogP contribution in [0.4, 0.5) is 5.69 Å². The molecule has 1 aliphatic heterocycles. The largest absolute Gasteiger partial charge is 0.493 e. The third-order valence-corrected chi connectivity index (χ3v) is 8.90. The fourth-order valence-corrected chi connectivity index (χ4v) is 7.47. The fraction of sp³-hybridized carbons (Fsp3) is 0.316. The van der Waals surface area contributed by atoms with E-state index in [1.54, 1.807) is 18.2 Å². The van der Waals surface area contributed by atoms with Gasteiger partial charge in [-0.25, -0.2) is 16.8 Å². The lowest BCUT2D eigenvalue weighted by atomic mass is 10.2. The van der Waals surface area contributed by atoms with Crippen molar-refractivity contribution in [2.24, 2.45) is 0 Å². The second kappa shape index (κ2) is 8.03. The number of benzene rings is 2. The molecule has 8 nitrogen and oxygen atoms in total. The SMILES string of the molecule is COc1ccc(NC(=O)c2ccc(S(=O)(=O)[C@H]3CCS(=O)(=O)C3)cc2)cc1OC. The summed E-state index contributed by atoms with van der Waals surface area (Å²) >= 11 is 0. The summed E-state index contributed by atoms with van der Waals surface area (Å²) in [5.74, 6) is 0.0661. The molecular weight excluding hydrogens is 418 g/mol. The Bertz CT molecular complexity index is 1120. The lowest BCUT2D eigenvalue weighted by Gasteiger charge is -2.12. The Morgan fingerprint density at radius 3 is 2.24 bits per heavy atom. The van der Waals surface area contributed by atoms with Gasteiger partial charge in [0.1, 0.15) is 0 Å². The minimum atomic E-state index is -3.77. The maximum Gasteiger partial charge on any atom is 0.255 e. The van der Waals surface area contributed by atoms with Crippen molar-refractivity contribution < 1.29 is 31.1 Å². The van der Waals surface area contributed by atoms with Crippen molar-refractivity contribution in [2.45, 2.75) is 16.6 Å². The number of rotatable bonds is 6. The molecule has 1 atom stereocenters. The molecule has 0 spiro atoms. The Hall–Kier alpha value is -2.59. The molecule has 1 heterocycles. The van der Waals surface area contributed by atoms with E-state index in [9.17, 15) is 21.6 Å². The summed E-state index contributed by atoms with van der Waals surface area (Å²) in [5, 5.41) is 1.76. The first kappa shape index (κ1) is 21.1. The maximum absolute atomic E-state index is 12.6. The smallest absolute Gasteiger partial charge is 0.255 e. The molecule has 1 saturated heterocycles. The summed E-state index contributed by atoms with van der Waals surface area (Å²) in [6.45, 7) is 0. The molecule has 2 aromatic rings. The highest BCUT2D eigenvalue weighted by Gasteiger charge is 2.38. The molecule has 1 aliphatic rings. The van der Waals surface area contributed by atoms with Crippen molar-refractivity contribution in [3.8, 4) is 11.5 Å². The average Bonchev–Trinajstić information content (AvgIpc) is 3.08. The molecule has 29 heavy (non-hydrogen) atoms. The van der Waals surface area contributed by atoms with Crippen LogP contribution >= 0.6 is 0 Å². The number of nitrogens with one attached hydrogen (secondary N) is 1. The molecule has 2 aromatic carbocycles. The minimum absolute atomic E-state index is 0.00210. The van der Waals surface area contributed by atoms with E-state index < -0.39 is 30.8 Å². The van der Waals surface area contributed by atoms with Crippen LogP contribution in [0.2, 0.25) is 0 Å². The van der Waals surface area contributed by atoms with E-state index >= 15 is 0 Å². The first-order valence-electron chi connectivity index (χ1n) is 8.74. The summed E-state index contributed by atoms with van der Waals surface area (Å²) in [6.07, 6.45) is 0.0895. The zero-order chi connectivity index (χ0) is 21.2. The van der Waals surface area contributed by atoms with Crippen molar-refractivity contribution in [1.29, 1.82) is 0 Å². The van der Waals surface area contributed by atoms with Crippen molar-refractivity contribution in [3.63, 3.8) is 0 Å². The predicted molar refractivity (Wildman–Crippen MR) is 108 cm³/mol. The van der Waals surface area contributed by atoms with Gasteiger partial charge in [-0.1, -0.05) is 0 Å². The zero-order valence-electron chi connectivity index (χ0n) is 15.9. The minimum Gasteiger partial charge on any atom is -0.493 e. The second-order valence-electron chi connectivity index (χ2n) is 6.62. The Kier molecular flexibility index (Phi) is 5.85. The van der Waals surface area contributed by atoms with E-state index in [0.717, 1.165) is 0 Å². The molecule has 1 fully saturated rings. The summed E-state index contributed by atoms with van der Waals surface area (Å²) < 4.78 is 58.8. The van der Waals surface area contributed by atoms with Gasteiger partial charge in [-0.05, 0) is 42.8 Å². The van der Waals surface area contributed by atoms with E-state index in [0.29, 0.717) is 17.2 Å². The van der Waals surface area contributed by atoms with E-state index in [1.807, 2.05) is 0 Å². The number of hydrogen-bond donors (Lipinski definition) is 1. The number of carbonyl (C=O) groups excluding carboxylic acids is 1. The molecule has 156 valence electrons. The highest BCUT2D eigenvalue weighted by atomic mass is 32.2. The van der Waals surface area contributed by atoms with Gasteiger partial charge < -0.3 is 14.8 Å². The molecular formula is C19H21NO7S2. The van der Waals surface area contributed by atoms with E-state index in [2.05, 4.69) is 5.32 Å². The molecule has 3 rings (SSSR count). The highest BCUT2D eigenvalue weighted by Crippen LogP contribution is 2.30. The Morgan fingerprint density at radius 2 is 1.69 bits per heavy atom. The Labute approximate surface area is 169 Å². The second-order valence-corrected chi connectivity index (χ2v) is 11.1. The van der Waals surface area contributed by atoms with Crippen molar-refractivity contribution in [3.05, 3.63) is 48.0 Å². The van der Waals surface area contributed by atoms with Crippen LogP contribution in [0, 0.1) is 0 Å². The number of methoxy groups -OCH3 is 2. The lowest BCUT2D eigenvalue weighted by Crippen LogP contribution is -2.22. The molecule has 0 radical (unpaired) electrons. The first-order chi connectivity index (χ1) is 13.7. The molecule has 0 aromatic heterocycles. The molecule has 0 unspecified atom stereocenters. The highest BCUT2D eigenvalue weighted by molar-refractivity contribution is 7.96. The average molecular weight is 440 g/mol. The number of carbonyl (C=O) groups is 1. The van der Waals surface area contributed by atoms with Gasteiger partial charge in [0.15, 0.2) is 31.2 Å². The van der Waals surface area contributed by atoms with Crippen LogP contribution in [0.1, 0.15) is 16.8 Å². The summed E-state index contributed by atoms with van der Waals surface area (Å²) in [7, 11) is -4.09. The van der Waals surface area contributed by atoms with E-state index in [4.69, 9.17) is 9.47 Å². The molecule has 1 N–H and O–H groups in total. The van der Waals surface area contributed by atoms with E-state index in [1.165, 1.54) is 38.5 Å². The van der Waals surface area contributed by atoms with E-state index in [-0.39, 0.29) is 28.4 Å². The summed E-state index contributed by atoms with van der Waals surface area (Å²) in [6, 6.07) is 10.3. The van der Waals surface area contributed by atoms with Crippen LogP contribution in [-0.2, 0) is 19.7 Å². The molecule has 0 aliphatic carbocycles. The van der Waals surface area contributed by atoms with Crippen LogP contribution < -0.4 is 14.8 Å². The standard InChI is InChI=1S/C19H21NO7S2/c1-26-17-8-5-14(11-18(17)27-2)20-19(21)13-3-6-15(7-4-13)29(24,25)16-9-10-28(22,23)12-16/h3-8,11,16H,9-10,12H2,1-2H3,(H,20,21)/t16-/m0/s1. The number of amides is 1. The van der Waals surface area contributed by atoms with Gasteiger partial charge >= 0.3 is 0 Å². The predicted octanol–water partition coefficient (Wildman–Crippen LogP) is 1.92. The molecule has 10 heteroatoms. The maximum atomic E-state index is 12.6. The van der Waals surface area contributed by atoms with Gasteiger partial charge in [-0.2, -0.15) is 0 Å². The van der Waals surface area contributed by atoms with Gasteiger partial charge in [0, 0.05) is 17.3 Å². The number of anilines is 1. The summed E-state index contributed by atoms with van der Waals surface area (Å²) in [5.41, 5.74) is 0.748. The third kappa shape index (κ3) is 4.54. The van der Waals surface area contributed by atoms with Crippen molar-refractivity contribution in [2.75, 3.05) is 31.0 Å². The fourth-order valence-electron chi connectivity index (χ4n) is 3.11. The van der Waals surface area contributed by atoms with Gasteiger partial charge in [0.05, 0.1) is 35.9 Å². The van der Waals surface area contributed by atoms with Gasteiger partial charge in [0.25, 0.3) is 5.91 Å². The van der Waals surface area contributed by atoms with Crippen molar-refractivity contribution in [1.82, 2.24) is 0 Å². The molecule has 0 saturated carbocycles.